The minimum atomic E-state index is -1.57. The Labute approximate surface area is 254 Å². The first-order chi connectivity index (χ1) is 21.2. The molecule has 0 spiro atoms. The third-order valence-electron chi connectivity index (χ3n) is 6.82. The molecule has 5 aromatic rings. The Kier molecular flexibility index (Phi) is 8.60. The largest absolute Gasteiger partial charge is 0.480 e. The highest BCUT2D eigenvalue weighted by molar-refractivity contribution is 6.34. The highest BCUT2D eigenvalue weighted by Crippen LogP contribution is 2.36. The minimum Gasteiger partial charge on any atom is -0.480 e. The van der Waals surface area contributed by atoms with Gasteiger partial charge in [-0.05, 0) is 47.5 Å². The van der Waals surface area contributed by atoms with Crippen LogP contribution in [-0.4, -0.2) is 33.9 Å². The second-order valence-electron chi connectivity index (χ2n) is 9.65. The summed E-state index contributed by atoms with van der Waals surface area (Å²) in [4.78, 5) is 45.4. The number of carboxylic acid groups (broad SMARTS) is 1. The Bertz CT molecular complexity index is 1960. The smallest absolute Gasteiger partial charge is 0.326 e. The van der Waals surface area contributed by atoms with E-state index in [4.69, 9.17) is 18.2 Å². The highest BCUT2D eigenvalue weighted by atomic mass is 35.5. The first kappa shape index (κ1) is 29.8. The van der Waals surface area contributed by atoms with Crippen molar-refractivity contribution in [3.63, 3.8) is 0 Å². The normalized spacial score (nSPS) is 11.4. The van der Waals surface area contributed by atoms with Gasteiger partial charge in [-0.2, -0.15) is 0 Å². The monoisotopic (exact) mass is 610 g/mol. The predicted molar refractivity (Wildman–Crippen MR) is 162 cm³/mol. The second-order valence-corrected chi connectivity index (χ2v) is 10.1. The summed E-state index contributed by atoms with van der Waals surface area (Å²) in [6, 6.07) is 19.7. The number of anilines is 1. The molecule has 218 valence electrons. The summed E-state index contributed by atoms with van der Waals surface area (Å²) in [6.07, 6.45) is 1.32. The summed E-state index contributed by atoms with van der Waals surface area (Å²) in [5.74, 6) is -6.18. The summed E-state index contributed by atoms with van der Waals surface area (Å²) in [5, 5.41) is 15.5. The zero-order valence-electron chi connectivity index (χ0n) is 22.6. The van der Waals surface area contributed by atoms with Gasteiger partial charge in [0, 0.05) is 39.8 Å². The molecule has 0 saturated heterocycles. The molecule has 5 rings (SSSR count). The standard InChI is InChI=1S/C33H21ClF2N4O4/c1-37-21-10-12-23(25(34)17-21)24-11-9-18(22-8-5-13-38-30(22)24)16-28(33(43)44)40-32(42)29-26(35)14-19(15-27(29)36)31(41)39-20-6-3-2-4-7-20/h2-15,17,28H,16H2,(H,39,41)(H,40,42)(H,43,44)/t28-/m0/s1. The van der Waals surface area contributed by atoms with E-state index in [-0.39, 0.29) is 12.0 Å². The van der Waals surface area contributed by atoms with Crippen LogP contribution in [0.25, 0.3) is 26.9 Å². The molecule has 8 nitrogen and oxygen atoms in total. The van der Waals surface area contributed by atoms with Crippen molar-refractivity contribution in [2.45, 2.75) is 12.5 Å². The van der Waals surface area contributed by atoms with Gasteiger partial charge in [-0.25, -0.2) is 18.4 Å². The van der Waals surface area contributed by atoms with Gasteiger partial charge in [-0.3, -0.25) is 14.6 Å². The zero-order valence-corrected chi connectivity index (χ0v) is 23.4. The first-order valence-corrected chi connectivity index (χ1v) is 13.5. The summed E-state index contributed by atoms with van der Waals surface area (Å²) in [7, 11) is 0. The van der Waals surface area contributed by atoms with Gasteiger partial charge >= 0.3 is 5.97 Å². The van der Waals surface area contributed by atoms with Crippen LogP contribution in [-0.2, 0) is 11.2 Å². The number of halogens is 3. The number of hydrogen-bond acceptors (Lipinski definition) is 4. The molecule has 2 amide bonds. The number of para-hydroxylation sites is 1. The van der Waals surface area contributed by atoms with Crippen molar-refractivity contribution in [3.8, 4) is 11.1 Å². The summed E-state index contributed by atoms with van der Waals surface area (Å²) in [5.41, 5.74) is 1.63. The molecule has 44 heavy (non-hydrogen) atoms. The van der Waals surface area contributed by atoms with Crippen LogP contribution in [0.1, 0.15) is 26.3 Å². The summed E-state index contributed by atoms with van der Waals surface area (Å²) in [6.45, 7) is 7.18. The molecule has 1 heterocycles. The predicted octanol–water partition coefficient (Wildman–Crippen LogP) is 7.06. The summed E-state index contributed by atoms with van der Waals surface area (Å²) >= 11 is 6.43. The van der Waals surface area contributed by atoms with E-state index in [1.807, 2.05) is 0 Å². The third kappa shape index (κ3) is 6.23. The van der Waals surface area contributed by atoms with Gasteiger partial charge in [0.2, 0.25) is 0 Å². The molecule has 0 aliphatic rings. The number of carboxylic acids is 1. The lowest BCUT2D eigenvalue weighted by Gasteiger charge is -2.18. The fraction of sp³-hybridized carbons (Fsp3) is 0.0606. The summed E-state index contributed by atoms with van der Waals surface area (Å²) < 4.78 is 29.9. The number of hydrogen-bond donors (Lipinski definition) is 3. The van der Waals surface area contributed by atoms with Gasteiger partial charge in [0.15, 0.2) is 5.69 Å². The average Bonchev–Trinajstić information content (AvgIpc) is 3.01. The average molecular weight is 611 g/mol. The minimum absolute atomic E-state index is 0.241. The van der Waals surface area contributed by atoms with Crippen molar-refractivity contribution in [3.05, 3.63) is 136 Å². The van der Waals surface area contributed by atoms with Crippen LogP contribution in [0, 0.1) is 18.2 Å². The number of nitrogens with one attached hydrogen (secondary N) is 2. The fourth-order valence-corrected chi connectivity index (χ4v) is 4.99. The SMILES string of the molecule is [C-]#[N+]c1ccc(-c2ccc(C[C@H](NC(=O)c3c(F)cc(C(=O)Nc4ccccc4)cc3F)C(=O)O)c3cccnc23)c(Cl)c1. The van der Waals surface area contributed by atoms with Crippen LogP contribution >= 0.6 is 11.6 Å². The van der Waals surface area contributed by atoms with Gasteiger partial charge in [0.1, 0.15) is 23.2 Å². The first-order valence-electron chi connectivity index (χ1n) is 13.1. The fourth-order valence-electron chi connectivity index (χ4n) is 4.72. The van der Waals surface area contributed by atoms with Crippen LogP contribution in [0.2, 0.25) is 5.02 Å². The number of rotatable bonds is 8. The van der Waals surface area contributed by atoms with Crippen molar-refractivity contribution < 1.29 is 28.3 Å². The Balaban J connectivity index is 1.40. The maximum Gasteiger partial charge on any atom is 0.326 e. The van der Waals surface area contributed by atoms with Crippen LogP contribution in [0.5, 0.6) is 0 Å². The molecule has 0 radical (unpaired) electrons. The van der Waals surface area contributed by atoms with E-state index < -0.39 is 41.0 Å². The Morgan fingerprint density at radius 3 is 2.27 bits per heavy atom. The molecule has 3 N–H and O–H groups in total. The maximum absolute atomic E-state index is 15.0. The van der Waals surface area contributed by atoms with Crippen LogP contribution in [0.3, 0.4) is 0 Å². The van der Waals surface area contributed by atoms with Crippen LogP contribution in [0.4, 0.5) is 20.2 Å². The number of carbonyl (C=O) groups is 3. The molecule has 0 bridgehead atoms. The number of fused-ring (bicyclic) bond motifs is 1. The van der Waals surface area contributed by atoms with Gasteiger partial charge < -0.3 is 15.7 Å². The molecule has 0 unspecified atom stereocenters. The lowest BCUT2D eigenvalue weighted by Crippen LogP contribution is -2.43. The molecular weight excluding hydrogens is 590 g/mol. The molecule has 0 aliphatic heterocycles. The number of aliphatic carboxylic acids is 1. The molecule has 0 aliphatic carbocycles. The lowest BCUT2D eigenvalue weighted by molar-refractivity contribution is -0.139. The number of pyridine rings is 1. The van der Waals surface area contributed by atoms with Crippen molar-refractivity contribution in [1.29, 1.82) is 0 Å². The molecule has 0 saturated carbocycles. The number of benzene rings is 4. The molecule has 11 heteroatoms. The van der Waals surface area contributed by atoms with Crippen LogP contribution in [0.15, 0.2) is 91.1 Å². The zero-order chi connectivity index (χ0) is 31.4. The van der Waals surface area contributed by atoms with E-state index in [0.717, 1.165) is 0 Å². The Morgan fingerprint density at radius 2 is 1.61 bits per heavy atom. The topological polar surface area (TPSA) is 113 Å². The number of aromatic nitrogens is 1. The number of nitrogens with zero attached hydrogens (tertiary/aromatic N) is 2. The number of amides is 2. The lowest BCUT2D eigenvalue weighted by atomic mass is 9.95. The molecular formula is C33H21ClF2N4O4. The van der Waals surface area contributed by atoms with Crippen LogP contribution < -0.4 is 10.6 Å². The van der Waals surface area contributed by atoms with Crippen molar-refractivity contribution in [1.82, 2.24) is 10.3 Å². The second kappa shape index (κ2) is 12.7. The molecule has 4 aromatic carbocycles. The Hall–Kier alpha value is -5.66. The highest BCUT2D eigenvalue weighted by Gasteiger charge is 2.27. The van der Waals surface area contributed by atoms with E-state index in [9.17, 15) is 28.3 Å². The van der Waals surface area contributed by atoms with E-state index in [1.165, 1.54) is 6.07 Å². The number of carbonyl (C=O) groups excluding carboxylic acids is 2. The van der Waals surface area contributed by atoms with Gasteiger partial charge in [0.25, 0.3) is 11.8 Å². The van der Waals surface area contributed by atoms with E-state index in [2.05, 4.69) is 20.5 Å². The van der Waals surface area contributed by atoms with E-state index in [1.54, 1.807) is 72.9 Å². The molecule has 1 aromatic heterocycles. The van der Waals surface area contributed by atoms with Gasteiger partial charge in [-0.1, -0.05) is 60.1 Å². The van der Waals surface area contributed by atoms with E-state index in [0.29, 0.717) is 56.1 Å². The van der Waals surface area contributed by atoms with E-state index >= 15 is 0 Å². The molecule has 1 atom stereocenters. The van der Waals surface area contributed by atoms with Crippen molar-refractivity contribution >= 4 is 51.7 Å². The van der Waals surface area contributed by atoms with Crippen molar-refractivity contribution in [2.75, 3.05) is 5.32 Å². The quantitative estimate of drug-likeness (QED) is 0.163. The van der Waals surface area contributed by atoms with Gasteiger partial charge in [0.05, 0.1) is 12.1 Å². The van der Waals surface area contributed by atoms with Crippen molar-refractivity contribution in [2.24, 2.45) is 0 Å². The Morgan fingerprint density at radius 1 is 0.909 bits per heavy atom. The third-order valence-corrected chi connectivity index (χ3v) is 7.14. The molecule has 0 fully saturated rings. The van der Waals surface area contributed by atoms with Gasteiger partial charge in [-0.15, -0.1) is 0 Å². The maximum atomic E-state index is 15.0.